The van der Waals surface area contributed by atoms with Gasteiger partial charge in [0.2, 0.25) is 0 Å². The summed E-state index contributed by atoms with van der Waals surface area (Å²) in [6, 6.07) is 27.6. The molecule has 4 aromatic rings. The molecule has 0 saturated heterocycles. The van der Waals surface area contributed by atoms with E-state index in [9.17, 15) is 23.9 Å². The monoisotopic (exact) mass is 552 g/mol. The van der Waals surface area contributed by atoms with Gasteiger partial charge in [-0.05, 0) is 72.4 Å². The smallest absolute Gasteiger partial charge is 0.305 e. The van der Waals surface area contributed by atoms with Gasteiger partial charge in [0.05, 0.1) is 12.5 Å². The molecule has 0 bridgehead atoms. The van der Waals surface area contributed by atoms with Crippen LogP contribution in [0.1, 0.15) is 56.8 Å². The quantitative estimate of drug-likeness (QED) is 0.224. The molecule has 41 heavy (non-hydrogen) atoms. The van der Waals surface area contributed by atoms with Gasteiger partial charge in [0.25, 0.3) is 11.8 Å². The van der Waals surface area contributed by atoms with E-state index in [0.717, 1.165) is 16.7 Å². The van der Waals surface area contributed by atoms with Crippen molar-refractivity contribution in [3.63, 3.8) is 0 Å². The molecule has 0 spiro atoms. The molecule has 0 fully saturated rings. The Balaban J connectivity index is 1.63. The number of benzene rings is 4. The standard InChI is InChI=1S/C34H33FN2O4/c1-23-9-3-4-10-25(23)19-21-37(22-20-32(38)39)34(41)31-14-8-6-12-29(31)28-11-5-7-13-30(28)33(40)36-24(2)26-15-17-27(35)18-16-26/h3-18,24H,19-22H2,1-2H3,(H,36,40)(H,38,39). The number of hydrogen-bond donors (Lipinski definition) is 2. The van der Waals surface area contributed by atoms with Gasteiger partial charge in [0, 0.05) is 24.2 Å². The highest BCUT2D eigenvalue weighted by Gasteiger charge is 2.23. The summed E-state index contributed by atoms with van der Waals surface area (Å²) in [5, 5.41) is 12.3. The lowest BCUT2D eigenvalue weighted by molar-refractivity contribution is -0.137. The molecule has 1 atom stereocenters. The van der Waals surface area contributed by atoms with Gasteiger partial charge in [-0.3, -0.25) is 14.4 Å². The van der Waals surface area contributed by atoms with Gasteiger partial charge in [-0.15, -0.1) is 0 Å². The van der Waals surface area contributed by atoms with Crippen LogP contribution in [0.15, 0.2) is 97.1 Å². The molecule has 0 aromatic heterocycles. The van der Waals surface area contributed by atoms with Crippen molar-refractivity contribution >= 4 is 17.8 Å². The van der Waals surface area contributed by atoms with Crippen molar-refractivity contribution in [3.05, 3.63) is 131 Å². The van der Waals surface area contributed by atoms with Crippen LogP contribution in [0.5, 0.6) is 0 Å². The Morgan fingerprint density at radius 3 is 2.05 bits per heavy atom. The predicted molar refractivity (Wildman–Crippen MR) is 157 cm³/mol. The van der Waals surface area contributed by atoms with Gasteiger partial charge >= 0.3 is 5.97 Å². The molecule has 4 aromatic carbocycles. The third kappa shape index (κ3) is 7.45. The number of nitrogens with one attached hydrogen (secondary N) is 1. The molecule has 2 amide bonds. The minimum Gasteiger partial charge on any atom is -0.481 e. The summed E-state index contributed by atoms with van der Waals surface area (Å²) in [5.41, 5.74) is 4.88. The molecule has 6 nitrogen and oxygen atoms in total. The average Bonchev–Trinajstić information content (AvgIpc) is 2.98. The number of carboxylic acid groups (broad SMARTS) is 1. The second-order valence-electron chi connectivity index (χ2n) is 9.95. The lowest BCUT2D eigenvalue weighted by Crippen LogP contribution is -2.35. The lowest BCUT2D eigenvalue weighted by atomic mass is 9.94. The SMILES string of the molecule is Cc1ccccc1CCN(CCC(=O)O)C(=O)c1ccccc1-c1ccccc1C(=O)NC(C)c1ccc(F)cc1. The lowest BCUT2D eigenvalue weighted by Gasteiger charge is -2.24. The van der Waals surface area contributed by atoms with Gasteiger partial charge < -0.3 is 15.3 Å². The highest BCUT2D eigenvalue weighted by Crippen LogP contribution is 2.29. The zero-order valence-electron chi connectivity index (χ0n) is 23.1. The number of hydrogen-bond acceptors (Lipinski definition) is 3. The third-order valence-corrected chi connectivity index (χ3v) is 7.13. The van der Waals surface area contributed by atoms with Crippen molar-refractivity contribution in [2.75, 3.05) is 13.1 Å². The molecule has 0 heterocycles. The molecule has 2 N–H and O–H groups in total. The fourth-order valence-electron chi connectivity index (χ4n) is 4.79. The van der Waals surface area contributed by atoms with Crippen LogP contribution in [0, 0.1) is 12.7 Å². The molecular weight excluding hydrogens is 519 g/mol. The Morgan fingerprint density at radius 2 is 1.39 bits per heavy atom. The highest BCUT2D eigenvalue weighted by atomic mass is 19.1. The molecule has 0 aliphatic rings. The topological polar surface area (TPSA) is 86.7 Å². The molecular formula is C34H33FN2O4. The van der Waals surface area contributed by atoms with E-state index in [-0.39, 0.29) is 36.6 Å². The fraction of sp³-hybridized carbons (Fsp3) is 0.206. The summed E-state index contributed by atoms with van der Waals surface area (Å²) >= 11 is 0. The number of nitrogens with zero attached hydrogens (tertiary/aromatic N) is 1. The summed E-state index contributed by atoms with van der Waals surface area (Å²) in [7, 11) is 0. The van der Waals surface area contributed by atoms with Crippen LogP contribution in [0.25, 0.3) is 11.1 Å². The first-order chi connectivity index (χ1) is 19.7. The molecule has 4 rings (SSSR count). The maximum Gasteiger partial charge on any atom is 0.305 e. The Kier molecular flexibility index (Phi) is 9.64. The van der Waals surface area contributed by atoms with Gasteiger partial charge in [0.1, 0.15) is 5.82 Å². The summed E-state index contributed by atoms with van der Waals surface area (Å²) < 4.78 is 13.4. The van der Waals surface area contributed by atoms with Crippen molar-refractivity contribution in [3.8, 4) is 11.1 Å². The first-order valence-electron chi connectivity index (χ1n) is 13.5. The zero-order valence-corrected chi connectivity index (χ0v) is 23.1. The van der Waals surface area contributed by atoms with Crippen molar-refractivity contribution < 1.29 is 23.9 Å². The second kappa shape index (κ2) is 13.5. The van der Waals surface area contributed by atoms with Crippen LogP contribution in [-0.2, 0) is 11.2 Å². The maximum absolute atomic E-state index is 13.9. The number of aryl methyl sites for hydroxylation is 1. The van der Waals surface area contributed by atoms with Crippen molar-refractivity contribution in [2.45, 2.75) is 32.7 Å². The number of amides is 2. The Morgan fingerprint density at radius 1 is 0.805 bits per heavy atom. The fourth-order valence-corrected chi connectivity index (χ4v) is 4.79. The van der Waals surface area contributed by atoms with Crippen LogP contribution in [0.2, 0.25) is 0 Å². The number of carbonyl (C=O) groups excluding carboxylic acids is 2. The van der Waals surface area contributed by atoms with E-state index in [1.807, 2.05) is 38.1 Å². The second-order valence-corrected chi connectivity index (χ2v) is 9.95. The third-order valence-electron chi connectivity index (χ3n) is 7.13. The number of aliphatic carboxylic acids is 1. The predicted octanol–water partition coefficient (Wildman–Crippen LogP) is 6.45. The van der Waals surface area contributed by atoms with Gasteiger partial charge in [-0.2, -0.15) is 0 Å². The summed E-state index contributed by atoms with van der Waals surface area (Å²) in [6.07, 6.45) is 0.405. The van der Waals surface area contributed by atoms with E-state index >= 15 is 0 Å². The van der Waals surface area contributed by atoms with Crippen LogP contribution in [0.3, 0.4) is 0 Å². The minimum atomic E-state index is -0.982. The largest absolute Gasteiger partial charge is 0.481 e. The molecule has 7 heteroatoms. The zero-order chi connectivity index (χ0) is 29.4. The summed E-state index contributed by atoms with van der Waals surface area (Å²) in [6.45, 7) is 4.24. The molecule has 1 unspecified atom stereocenters. The van der Waals surface area contributed by atoms with Gasteiger partial charge in [-0.1, -0.05) is 72.8 Å². The first kappa shape index (κ1) is 29.2. The maximum atomic E-state index is 13.9. The molecule has 0 aliphatic carbocycles. The number of carboxylic acids is 1. The van der Waals surface area contributed by atoms with E-state index in [1.54, 1.807) is 65.6 Å². The van der Waals surface area contributed by atoms with Crippen molar-refractivity contribution in [2.24, 2.45) is 0 Å². The molecule has 210 valence electrons. The highest BCUT2D eigenvalue weighted by molar-refractivity contribution is 6.06. The molecule has 0 saturated carbocycles. The van der Waals surface area contributed by atoms with E-state index in [1.165, 1.54) is 12.1 Å². The van der Waals surface area contributed by atoms with E-state index in [2.05, 4.69) is 5.32 Å². The average molecular weight is 553 g/mol. The Bertz CT molecular complexity index is 1530. The van der Waals surface area contributed by atoms with Crippen molar-refractivity contribution in [1.29, 1.82) is 0 Å². The Labute approximate surface area is 239 Å². The first-order valence-corrected chi connectivity index (χ1v) is 13.5. The normalized spacial score (nSPS) is 11.5. The minimum absolute atomic E-state index is 0.0612. The summed E-state index contributed by atoms with van der Waals surface area (Å²) in [4.78, 5) is 40.3. The number of rotatable bonds is 11. The molecule has 0 radical (unpaired) electrons. The van der Waals surface area contributed by atoms with Crippen LogP contribution in [0.4, 0.5) is 4.39 Å². The van der Waals surface area contributed by atoms with E-state index in [4.69, 9.17) is 0 Å². The van der Waals surface area contributed by atoms with Crippen LogP contribution < -0.4 is 5.32 Å². The Hall–Kier alpha value is -4.78. The number of halogens is 1. The number of carbonyl (C=O) groups is 3. The van der Waals surface area contributed by atoms with Gasteiger partial charge in [0.15, 0.2) is 0 Å². The molecule has 0 aliphatic heterocycles. The summed E-state index contributed by atoms with van der Waals surface area (Å²) in [5.74, 6) is -1.97. The van der Waals surface area contributed by atoms with Gasteiger partial charge in [-0.25, -0.2) is 4.39 Å². The van der Waals surface area contributed by atoms with E-state index < -0.39 is 5.97 Å². The van der Waals surface area contributed by atoms with Crippen LogP contribution in [-0.4, -0.2) is 40.9 Å². The van der Waals surface area contributed by atoms with E-state index in [0.29, 0.717) is 35.2 Å². The van der Waals surface area contributed by atoms with Crippen LogP contribution >= 0.6 is 0 Å². The van der Waals surface area contributed by atoms with Crippen molar-refractivity contribution in [1.82, 2.24) is 10.2 Å².